The number of hydrogen-bond acceptors (Lipinski definition) is 3. The molecule has 1 amide bonds. The summed E-state index contributed by atoms with van der Waals surface area (Å²) < 4.78 is 11.1. The van der Waals surface area contributed by atoms with Crippen molar-refractivity contribution < 1.29 is 14.3 Å². The van der Waals surface area contributed by atoms with E-state index in [9.17, 15) is 4.79 Å². The lowest BCUT2D eigenvalue weighted by atomic mass is 10.2. The van der Waals surface area contributed by atoms with Crippen molar-refractivity contribution in [3.05, 3.63) is 24.3 Å². The molecule has 1 heterocycles. The molecule has 0 saturated carbocycles. The van der Waals surface area contributed by atoms with Crippen LogP contribution in [0.3, 0.4) is 0 Å². The molecule has 0 bridgehead atoms. The van der Waals surface area contributed by atoms with Crippen LogP contribution in [0.25, 0.3) is 0 Å². The molecule has 1 aliphatic heterocycles. The zero-order valence-electron chi connectivity index (χ0n) is 10.8. The molecule has 0 aliphatic carbocycles. The summed E-state index contributed by atoms with van der Waals surface area (Å²) in [5, 5.41) is 2.94. The van der Waals surface area contributed by atoms with Gasteiger partial charge in [-0.3, -0.25) is 4.79 Å². The Balaban J connectivity index is 1.94. The number of rotatable bonds is 4. The molecule has 0 aromatic heterocycles. The molecule has 98 valence electrons. The van der Waals surface area contributed by atoms with Gasteiger partial charge in [0.1, 0.15) is 6.61 Å². The van der Waals surface area contributed by atoms with E-state index in [1.54, 1.807) is 0 Å². The van der Waals surface area contributed by atoms with Crippen LogP contribution >= 0.6 is 0 Å². The summed E-state index contributed by atoms with van der Waals surface area (Å²) in [4.78, 5) is 12.0. The fraction of sp³-hybridized carbons (Fsp3) is 0.500. The standard InChI is InChI=1S/C14H19NO3/c1-3-6-10(2)15-14(16)13-9-17-11-7-4-5-8-12(11)18-13/h4-5,7-8,10,13H,3,6,9H2,1-2H3,(H,15,16)/t10-,13-/m0/s1. The minimum absolute atomic E-state index is 0.106. The first-order valence-electron chi connectivity index (χ1n) is 6.39. The molecular weight excluding hydrogens is 230 g/mol. The van der Waals surface area contributed by atoms with Gasteiger partial charge in [-0.1, -0.05) is 25.5 Å². The van der Waals surface area contributed by atoms with E-state index in [4.69, 9.17) is 9.47 Å². The Bertz CT molecular complexity index is 419. The second-order valence-electron chi connectivity index (χ2n) is 4.56. The average molecular weight is 249 g/mol. The van der Waals surface area contributed by atoms with E-state index in [1.165, 1.54) is 0 Å². The van der Waals surface area contributed by atoms with Gasteiger partial charge in [0.2, 0.25) is 6.10 Å². The molecule has 1 aliphatic rings. The lowest BCUT2D eigenvalue weighted by molar-refractivity contribution is -0.131. The van der Waals surface area contributed by atoms with Gasteiger partial charge in [-0.2, -0.15) is 0 Å². The van der Waals surface area contributed by atoms with Gasteiger partial charge in [-0.15, -0.1) is 0 Å². The maximum atomic E-state index is 12.0. The van der Waals surface area contributed by atoms with Crippen LogP contribution in [0.4, 0.5) is 0 Å². The van der Waals surface area contributed by atoms with Crippen molar-refractivity contribution in [1.29, 1.82) is 0 Å². The van der Waals surface area contributed by atoms with Crippen molar-refractivity contribution in [2.75, 3.05) is 6.61 Å². The second kappa shape index (κ2) is 5.76. The summed E-state index contributed by atoms with van der Waals surface area (Å²) in [6, 6.07) is 7.56. The number of ether oxygens (including phenoxy) is 2. The number of amides is 1. The first-order valence-corrected chi connectivity index (χ1v) is 6.39. The molecular formula is C14H19NO3. The largest absolute Gasteiger partial charge is 0.485 e. The third-order valence-corrected chi connectivity index (χ3v) is 2.91. The number of fused-ring (bicyclic) bond motifs is 1. The van der Waals surface area contributed by atoms with Crippen LogP contribution in [-0.2, 0) is 4.79 Å². The van der Waals surface area contributed by atoms with Gasteiger partial charge in [0.05, 0.1) is 0 Å². The van der Waals surface area contributed by atoms with Crippen LogP contribution in [0.2, 0.25) is 0 Å². The van der Waals surface area contributed by atoms with Crippen molar-refractivity contribution >= 4 is 5.91 Å². The number of benzene rings is 1. The molecule has 2 atom stereocenters. The SMILES string of the molecule is CCC[C@H](C)NC(=O)[C@@H]1COc2ccccc2O1. The quantitative estimate of drug-likeness (QED) is 0.889. The van der Waals surface area contributed by atoms with Crippen LogP contribution in [-0.4, -0.2) is 24.7 Å². The normalized spacial score (nSPS) is 19.1. The first kappa shape index (κ1) is 12.7. The van der Waals surface area contributed by atoms with Crippen molar-refractivity contribution in [2.24, 2.45) is 0 Å². The Morgan fingerprint density at radius 1 is 1.44 bits per heavy atom. The molecule has 4 heteroatoms. The molecule has 0 unspecified atom stereocenters. The van der Waals surface area contributed by atoms with E-state index in [0.29, 0.717) is 11.5 Å². The Hall–Kier alpha value is -1.71. The Morgan fingerprint density at radius 2 is 2.17 bits per heavy atom. The highest BCUT2D eigenvalue weighted by Gasteiger charge is 2.27. The summed E-state index contributed by atoms with van der Waals surface area (Å²) in [5.41, 5.74) is 0. The first-order chi connectivity index (χ1) is 8.70. The zero-order valence-corrected chi connectivity index (χ0v) is 10.8. The number of nitrogens with one attached hydrogen (secondary N) is 1. The van der Waals surface area contributed by atoms with E-state index in [-0.39, 0.29) is 18.6 Å². The number of carbonyl (C=O) groups excluding carboxylic acids is 1. The highest BCUT2D eigenvalue weighted by Crippen LogP contribution is 2.30. The summed E-state index contributed by atoms with van der Waals surface area (Å²) in [5.74, 6) is 1.22. The molecule has 1 aromatic carbocycles. The van der Waals surface area contributed by atoms with Crippen molar-refractivity contribution in [3.63, 3.8) is 0 Å². The van der Waals surface area contributed by atoms with E-state index in [1.807, 2.05) is 31.2 Å². The average Bonchev–Trinajstić information content (AvgIpc) is 2.38. The molecule has 0 saturated heterocycles. The van der Waals surface area contributed by atoms with Crippen LogP contribution < -0.4 is 14.8 Å². The molecule has 1 aromatic rings. The highest BCUT2D eigenvalue weighted by molar-refractivity contribution is 5.82. The van der Waals surface area contributed by atoms with Gasteiger partial charge in [-0.25, -0.2) is 0 Å². The smallest absolute Gasteiger partial charge is 0.264 e. The van der Waals surface area contributed by atoms with Gasteiger partial charge in [0, 0.05) is 6.04 Å². The fourth-order valence-corrected chi connectivity index (χ4v) is 1.99. The molecule has 0 spiro atoms. The van der Waals surface area contributed by atoms with Gasteiger partial charge in [0.15, 0.2) is 11.5 Å². The molecule has 1 N–H and O–H groups in total. The third kappa shape index (κ3) is 2.94. The van der Waals surface area contributed by atoms with E-state index >= 15 is 0 Å². The maximum Gasteiger partial charge on any atom is 0.264 e. The highest BCUT2D eigenvalue weighted by atomic mass is 16.6. The van der Waals surface area contributed by atoms with Crippen molar-refractivity contribution in [1.82, 2.24) is 5.32 Å². The van der Waals surface area contributed by atoms with Crippen LogP contribution in [0.1, 0.15) is 26.7 Å². The Labute approximate surface area is 107 Å². The van der Waals surface area contributed by atoms with Crippen LogP contribution in [0.5, 0.6) is 11.5 Å². The molecule has 2 rings (SSSR count). The zero-order chi connectivity index (χ0) is 13.0. The summed E-state index contributed by atoms with van der Waals surface area (Å²) in [7, 11) is 0. The lowest BCUT2D eigenvalue weighted by Crippen LogP contribution is -2.46. The van der Waals surface area contributed by atoms with Gasteiger partial charge in [-0.05, 0) is 25.5 Å². The predicted molar refractivity (Wildman–Crippen MR) is 68.9 cm³/mol. The number of hydrogen-bond donors (Lipinski definition) is 1. The maximum absolute atomic E-state index is 12.0. The predicted octanol–water partition coefficient (Wildman–Crippen LogP) is 2.13. The van der Waals surface area contributed by atoms with E-state index in [0.717, 1.165) is 12.8 Å². The Morgan fingerprint density at radius 3 is 2.89 bits per heavy atom. The topological polar surface area (TPSA) is 47.6 Å². The van der Waals surface area contributed by atoms with Crippen LogP contribution in [0.15, 0.2) is 24.3 Å². The number of para-hydroxylation sites is 2. The Kier molecular flexibility index (Phi) is 4.07. The fourth-order valence-electron chi connectivity index (χ4n) is 1.99. The second-order valence-corrected chi connectivity index (χ2v) is 4.56. The van der Waals surface area contributed by atoms with Gasteiger partial charge < -0.3 is 14.8 Å². The van der Waals surface area contributed by atoms with Crippen molar-refractivity contribution in [2.45, 2.75) is 38.8 Å². The third-order valence-electron chi connectivity index (χ3n) is 2.91. The number of carbonyl (C=O) groups is 1. The monoisotopic (exact) mass is 249 g/mol. The van der Waals surface area contributed by atoms with Crippen LogP contribution in [0, 0.1) is 0 Å². The van der Waals surface area contributed by atoms with Gasteiger partial charge >= 0.3 is 0 Å². The summed E-state index contributed by atoms with van der Waals surface area (Å²) >= 11 is 0. The molecule has 0 radical (unpaired) electrons. The minimum atomic E-state index is -0.556. The van der Waals surface area contributed by atoms with Crippen molar-refractivity contribution in [3.8, 4) is 11.5 Å². The minimum Gasteiger partial charge on any atom is -0.485 e. The molecule has 18 heavy (non-hydrogen) atoms. The summed E-state index contributed by atoms with van der Waals surface area (Å²) in [6.07, 6.45) is 1.46. The van der Waals surface area contributed by atoms with E-state index < -0.39 is 6.10 Å². The summed E-state index contributed by atoms with van der Waals surface area (Å²) in [6.45, 7) is 4.36. The lowest BCUT2D eigenvalue weighted by Gasteiger charge is -2.26. The molecule has 4 nitrogen and oxygen atoms in total. The van der Waals surface area contributed by atoms with Gasteiger partial charge in [0.25, 0.3) is 5.91 Å². The van der Waals surface area contributed by atoms with E-state index in [2.05, 4.69) is 12.2 Å². The molecule has 0 fully saturated rings.